The van der Waals surface area contributed by atoms with E-state index in [-0.39, 0.29) is 11.9 Å². The van der Waals surface area contributed by atoms with Crippen molar-refractivity contribution < 1.29 is 9.53 Å². The van der Waals surface area contributed by atoms with Crippen molar-refractivity contribution >= 4 is 5.91 Å². The first-order chi connectivity index (χ1) is 11.1. The summed E-state index contributed by atoms with van der Waals surface area (Å²) in [6.07, 6.45) is 1.73. The molecule has 1 aliphatic rings. The van der Waals surface area contributed by atoms with Crippen LogP contribution < -0.4 is 4.74 Å². The second-order valence-electron chi connectivity index (χ2n) is 5.98. The third-order valence-electron chi connectivity index (χ3n) is 3.99. The van der Waals surface area contributed by atoms with E-state index in [1.807, 2.05) is 12.1 Å². The fourth-order valence-electron chi connectivity index (χ4n) is 2.65. The second kappa shape index (κ2) is 6.37. The Labute approximate surface area is 135 Å². The third-order valence-corrected chi connectivity index (χ3v) is 3.99. The molecule has 0 N–H and O–H groups in total. The fourth-order valence-corrected chi connectivity index (χ4v) is 2.65. The minimum absolute atomic E-state index is 0.121. The molecule has 1 aromatic heterocycles. The van der Waals surface area contributed by atoms with Crippen LogP contribution in [0.5, 0.6) is 5.75 Å². The van der Waals surface area contributed by atoms with E-state index in [2.05, 4.69) is 27.3 Å². The number of carbonyl (C=O) groups is 1. The van der Waals surface area contributed by atoms with Crippen LogP contribution in [0.2, 0.25) is 0 Å². The summed E-state index contributed by atoms with van der Waals surface area (Å²) in [6, 6.07) is 8.37. The van der Waals surface area contributed by atoms with Crippen LogP contribution in [-0.2, 0) is 6.54 Å². The average Bonchev–Trinajstić information content (AvgIpc) is 2.99. The van der Waals surface area contributed by atoms with E-state index in [0.717, 1.165) is 25.4 Å². The lowest BCUT2D eigenvalue weighted by Gasteiger charge is -2.38. The van der Waals surface area contributed by atoms with E-state index in [1.165, 1.54) is 10.5 Å². The number of ether oxygens (including phenoxy) is 1. The van der Waals surface area contributed by atoms with Crippen molar-refractivity contribution in [1.29, 1.82) is 0 Å². The zero-order valence-electron chi connectivity index (χ0n) is 13.6. The number of methoxy groups -OCH3 is 1. The molecule has 0 spiro atoms. The van der Waals surface area contributed by atoms with Crippen LogP contribution in [0.4, 0.5) is 0 Å². The van der Waals surface area contributed by atoms with E-state index in [1.54, 1.807) is 32.1 Å². The van der Waals surface area contributed by atoms with Gasteiger partial charge in [0.2, 0.25) is 0 Å². The zero-order valence-corrected chi connectivity index (χ0v) is 13.6. The third kappa shape index (κ3) is 3.34. The summed E-state index contributed by atoms with van der Waals surface area (Å²) < 4.78 is 7.04. The van der Waals surface area contributed by atoms with Gasteiger partial charge in [0.25, 0.3) is 5.91 Å². The number of rotatable bonds is 5. The number of hydrogen-bond acceptors (Lipinski definition) is 5. The standard InChI is InChI=1S/C16H21N5O2/c1-19(2)16(22)15-11-21(18-17-15)13-9-20(10-13)8-12-5-4-6-14(7-12)23-3/h4-7,11,13H,8-10H2,1-3H3. The highest BCUT2D eigenvalue weighted by Crippen LogP contribution is 2.23. The molecule has 0 atom stereocenters. The van der Waals surface area contributed by atoms with Gasteiger partial charge in [-0.3, -0.25) is 9.69 Å². The molecule has 122 valence electrons. The van der Waals surface area contributed by atoms with Gasteiger partial charge >= 0.3 is 0 Å². The Morgan fingerprint density at radius 2 is 2.17 bits per heavy atom. The summed E-state index contributed by atoms with van der Waals surface area (Å²) in [5.74, 6) is 0.756. The van der Waals surface area contributed by atoms with Crippen LogP contribution in [-0.4, -0.2) is 65.0 Å². The maximum atomic E-state index is 11.8. The van der Waals surface area contributed by atoms with Gasteiger partial charge in [0, 0.05) is 33.7 Å². The topological polar surface area (TPSA) is 63.5 Å². The monoisotopic (exact) mass is 315 g/mol. The van der Waals surface area contributed by atoms with Crippen LogP contribution in [0.25, 0.3) is 0 Å². The smallest absolute Gasteiger partial charge is 0.275 e. The van der Waals surface area contributed by atoms with Crippen LogP contribution in [0.1, 0.15) is 22.1 Å². The van der Waals surface area contributed by atoms with Gasteiger partial charge in [-0.1, -0.05) is 17.3 Å². The summed E-state index contributed by atoms with van der Waals surface area (Å²) in [4.78, 5) is 15.7. The molecule has 0 saturated carbocycles. The number of benzene rings is 1. The number of nitrogens with zero attached hydrogens (tertiary/aromatic N) is 5. The summed E-state index contributed by atoms with van der Waals surface area (Å²) in [5, 5.41) is 8.04. The Morgan fingerprint density at radius 3 is 2.87 bits per heavy atom. The van der Waals surface area contributed by atoms with Gasteiger partial charge in [-0.25, -0.2) is 4.68 Å². The van der Waals surface area contributed by atoms with Crippen LogP contribution in [0, 0.1) is 0 Å². The SMILES string of the molecule is COc1cccc(CN2CC(n3cc(C(=O)N(C)C)nn3)C2)c1. The van der Waals surface area contributed by atoms with E-state index in [9.17, 15) is 4.79 Å². The molecule has 7 nitrogen and oxygen atoms in total. The van der Waals surface area contributed by atoms with E-state index < -0.39 is 0 Å². The predicted molar refractivity (Wildman–Crippen MR) is 85.3 cm³/mol. The fraction of sp³-hybridized carbons (Fsp3) is 0.438. The zero-order chi connectivity index (χ0) is 16.4. The quantitative estimate of drug-likeness (QED) is 0.825. The Kier molecular flexibility index (Phi) is 4.29. The van der Waals surface area contributed by atoms with Crippen molar-refractivity contribution in [1.82, 2.24) is 24.8 Å². The molecule has 23 heavy (non-hydrogen) atoms. The molecule has 1 aliphatic heterocycles. The van der Waals surface area contributed by atoms with E-state index in [4.69, 9.17) is 4.74 Å². The van der Waals surface area contributed by atoms with Gasteiger partial charge in [-0.05, 0) is 17.7 Å². The Balaban J connectivity index is 1.55. The highest BCUT2D eigenvalue weighted by Gasteiger charge is 2.29. The van der Waals surface area contributed by atoms with Gasteiger partial charge < -0.3 is 9.64 Å². The summed E-state index contributed by atoms with van der Waals surface area (Å²) in [5.41, 5.74) is 1.62. The molecule has 1 aromatic carbocycles. The van der Waals surface area contributed by atoms with Crippen molar-refractivity contribution in [3.05, 3.63) is 41.7 Å². The van der Waals surface area contributed by atoms with Crippen LogP contribution in [0.15, 0.2) is 30.5 Å². The lowest BCUT2D eigenvalue weighted by Crippen LogP contribution is -2.47. The lowest BCUT2D eigenvalue weighted by atomic mass is 10.1. The molecular weight excluding hydrogens is 294 g/mol. The molecular formula is C16H21N5O2. The molecule has 0 bridgehead atoms. The first-order valence-corrected chi connectivity index (χ1v) is 7.55. The maximum absolute atomic E-state index is 11.8. The van der Waals surface area contributed by atoms with Crippen molar-refractivity contribution in [2.45, 2.75) is 12.6 Å². The van der Waals surface area contributed by atoms with Gasteiger partial charge in [0.05, 0.1) is 19.3 Å². The maximum Gasteiger partial charge on any atom is 0.275 e. The number of amides is 1. The van der Waals surface area contributed by atoms with E-state index in [0.29, 0.717) is 5.69 Å². The first-order valence-electron chi connectivity index (χ1n) is 7.55. The number of hydrogen-bond donors (Lipinski definition) is 0. The molecule has 0 aliphatic carbocycles. The summed E-state index contributed by atoms with van der Waals surface area (Å²) >= 11 is 0. The molecule has 2 aromatic rings. The number of likely N-dealkylation sites (tertiary alicyclic amines) is 1. The highest BCUT2D eigenvalue weighted by atomic mass is 16.5. The molecule has 0 radical (unpaired) electrons. The van der Waals surface area contributed by atoms with Crippen molar-refractivity contribution in [2.24, 2.45) is 0 Å². The molecule has 2 heterocycles. The predicted octanol–water partition coefficient (Wildman–Crippen LogP) is 1.05. The summed E-state index contributed by atoms with van der Waals surface area (Å²) in [6.45, 7) is 2.68. The molecule has 0 unspecified atom stereocenters. The van der Waals surface area contributed by atoms with Crippen molar-refractivity contribution in [3.63, 3.8) is 0 Å². The Hall–Kier alpha value is -2.41. The van der Waals surface area contributed by atoms with Gasteiger partial charge in [0.15, 0.2) is 5.69 Å². The van der Waals surface area contributed by atoms with Crippen LogP contribution in [0.3, 0.4) is 0 Å². The summed E-state index contributed by atoms with van der Waals surface area (Å²) in [7, 11) is 5.09. The molecule has 3 rings (SSSR count). The minimum Gasteiger partial charge on any atom is -0.497 e. The molecule has 1 fully saturated rings. The van der Waals surface area contributed by atoms with E-state index >= 15 is 0 Å². The Morgan fingerprint density at radius 1 is 1.39 bits per heavy atom. The van der Waals surface area contributed by atoms with Gasteiger partial charge in [0.1, 0.15) is 5.75 Å². The largest absolute Gasteiger partial charge is 0.497 e. The number of aromatic nitrogens is 3. The van der Waals surface area contributed by atoms with Gasteiger partial charge in [-0.2, -0.15) is 0 Å². The normalized spacial score (nSPS) is 15.3. The molecule has 1 amide bonds. The average molecular weight is 315 g/mol. The van der Waals surface area contributed by atoms with Crippen molar-refractivity contribution in [2.75, 3.05) is 34.3 Å². The molecule has 7 heteroatoms. The lowest BCUT2D eigenvalue weighted by molar-refractivity contribution is 0.0820. The second-order valence-corrected chi connectivity index (χ2v) is 5.98. The number of carbonyl (C=O) groups excluding carboxylic acids is 1. The van der Waals surface area contributed by atoms with Crippen molar-refractivity contribution in [3.8, 4) is 5.75 Å². The first kappa shape index (κ1) is 15.5. The minimum atomic E-state index is -0.121. The van der Waals surface area contributed by atoms with Gasteiger partial charge in [-0.15, -0.1) is 5.10 Å². The highest BCUT2D eigenvalue weighted by molar-refractivity contribution is 5.91. The Bertz CT molecular complexity index is 691. The van der Waals surface area contributed by atoms with Crippen LogP contribution >= 0.6 is 0 Å². The molecule has 1 saturated heterocycles.